The predicted molar refractivity (Wildman–Crippen MR) is 377 cm³/mol. The molecule has 8 aromatic carbocycles. The summed E-state index contributed by atoms with van der Waals surface area (Å²) in [5.41, 5.74) is 25.1. The SMILES string of the molecule is [Ir+3].[Ir+3].[c-]1cc(C=Cc2cc(/C=C\c3c[c-]c(-c4ccccn4)cc3)cc(-c3ccccc3-c3c[c-]c(-c4[c-]cc(-c5ccccc5-c5cc(C=Cc6c[c-]c(-c7ccccn7)cc6)cc(/C=C\c6c[c-]c(-c7ccccn7)cc6)c5)cn4)nc3)c2)ccc1-c1ccccn1. The molecule has 0 fully saturated rings. The zero-order chi connectivity index (χ0) is 61.7. The molecule has 0 aliphatic carbocycles. The first-order valence-electron chi connectivity index (χ1n) is 30.2. The minimum absolute atomic E-state index is 0. The summed E-state index contributed by atoms with van der Waals surface area (Å²) in [5.74, 6) is 0. The van der Waals surface area contributed by atoms with Crippen LogP contribution in [0.15, 0.2) is 280 Å². The van der Waals surface area contributed by atoms with Gasteiger partial charge in [-0.1, -0.05) is 168 Å². The summed E-state index contributed by atoms with van der Waals surface area (Å²) in [7, 11) is 0. The Morgan fingerprint density at radius 2 is 0.489 bits per heavy atom. The minimum atomic E-state index is 0. The van der Waals surface area contributed by atoms with E-state index in [2.05, 4.69) is 238 Å². The van der Waals surface area contributed by atoms with Gasteiger partial charge in [-0.3, -0.25) is 0 Å². The third-order valence-electron chi connectivity index (χ3n) is 15.7. The van der Waals surface area contributed by atoms with Gasteiger partial charge in [-0.2, -0.15) is 12.1 Å². The number of pyridine rings is 6. The maximum Gasteiger partial charge on any atom is 3.00 e. The molecule has 14 aromatic rings. The van der Waals surface area contributed by atoms with Crippen LogP contribution >= 0.6 is 0 Å². The summed E-state index contributed by atoms with van der Waals surface area (Å²) in [6, 6.07) is 103. The van der Waals surface area contributed by atoms with Gasteiger partial charge in [0.2, 0.25) is 0 Å². The van der Waals surface area contributed by atoms with Gasteiger partial charge < -0.3 is 29.9 Å². The molecule has 0 aliphatic rings. The van der Waals surface area contributed by atoms with Gasteiger partial charge in [0.25, 0.3) is 0 Å². The Labute approximate surface area is 576 Å². The predicted octanol–water partition coefficient (Wildman–Crippen LogP) is 20.5. The zero-order valence-corrected chi connectivity index (χ0v) is 55.3. The summed E-state index contributed by atoms with van der Waals surface area (Å²) in [6.45, 7) is 0. The van der Waals surface area contributed by atoms with Gasteiger partial charge in [0, 0.05) is 24.8 Å². The molecule has 0 amide bonds. The molecule has 94 heavy (non-hydrogen) atoms. The van der Waals surface area contributed by atoms with E-state index in [4.69, 9.17) is 9.97 Å². The fourth-order valence-electron chi connectivity index (χ4n) is 10.9. The molecular weight excluding hydrogens is 1500 g/mol. The fourth-order valence-corrected chi connectivity index (χ4v) is 10.9. The van der Waals surface area contributed by atoms with Crippen molar-refractivity contribution in [1.29, 1.82) is 0 Å². The number of hydrogen-bond acceptors (Lipinski definition) is 6. The second kappa shape index (κ2) is 30.4. The van der Waals surface area contributed by atoms with Gasteiger partial charge in [0.05, 0.1) is 0 Å². The van der Waals surface area contributed by atoms with E-state index >= 15 is 0 Å². The van der Waals surface area contributed by atoms with E-state index in [0.29, 0.717) is 11.4 Å². The zero-order valence-electron chi connectivity index (χ0n) is 50.5. The van der Waals surface area contributed by atoms with Gasteiger partial charge in [0.1, 0.15) is 0 Å². The van der Waals surface area contributed by atoms with Crippen LogP contribution in [-0.4, -0.2) is 29.9 Å². The number of rotatable bonds is 17. The first kappa shape index (κ1) is 63.1. The van der Waals surface area contributed by atoms with Crippen molar-refractivity contribution in [3.05, 3.63) is 361 Å². The summed E-state index contributed by atoms with van der Waals surface area (Å²) in [4.78, 5) is 28.0. The maximum absolute atomic E-state index is 4.97. The van der Waals surface area contributed by atoms with Gasteiger partial charge >= 0.3 is 40.2 Å². The second-order valence-corrected chi connectivity index (χ2v) is 21.9. The summed E-state index contributed by atoms with van der Waals surface area (Å²) in [6.07, 6.45) is 28.1. The fraction of sp³-hybridized carbons (Fsp3) is 0. The maximum atomic E-state index is 4.97. The van der Waals surface area contributed by atoms with E-state index in [0.717, 1.165) is 134 Å². The molecule has 0 radical (unpaired) electrons. The van der Waals surface area contributed by atoms with Gasteiger partial charge in [-0.05, 0) is 140 Å². The van der Waals surface area contributed by atoms with Gasteiger partial charge in [-0.15, -0.1) is 153 Å². The Morgan fingerprint density at radius 1 is 0.223 bits per heavy atom. The molecule has 6 heterocycles. The van der Waals surface area contributed by atoms with E-state index in [1.165, 1.54) is 0 Å². The topological polar surface area (TPSA) is 77.3 Å². The van der Waals surface area contributed by atoms with Crippen LogP contribution in [0.25, 0.3) is 150 Å². The van der Waals surface area contributed by atoms with Crippen LogP contribution in [0.1, 0.15) is 44.5 Å². The third-order valence-corrected chi connectivity index (χ3v) is 15.7. The van der Waals surface area contributed by atoms with Crippen LogP contribution in [0, 0.1) is 36.4 Å². The Morgan fingerprint density at radius 3 is 0.723 bits per heavy atom. The number of nitrogens with zero attached hydrogens (tertiary/aromatic N) is 6. The van der Waals surface area contributed by atoms with Gasteiger partial charge in [-0.25, -0.2) is 12.1 Å². The van der Waals surface area contributed by atoms with Crippen molar-refractivity contribution in [2.75, 3.05) is 0 Å². The van der Waals surface area contributed by atoms with Crippen LogP contribution in [0.4, 0.5) is 0 Å². The van der Waals surface area contributed by atoms with Crippen molar-refractivity contribution >= 4 is 48.6 Å². The molecule has 6 aromatic heterocycles. The number of aromatic nitrogens is 6. The molecule has 0 saturated carbocycles. The van der Waals surface area contributed by atoms with Crippen molar-refractivity contribution in [2.45, 2.75) is 0 Å². The third kappa shape index (κ3) is 15.4. The average molecular weight is 1560 g/mol. The molecule has 0 spiro atoms. The molecule has 6 nitrogen and oxygen atoms in total. The van der Waals surface area contributed by atoms with Crippen molar-refractivity contribution in [3.63, 3.8) is 0 Å². The molecule has 0 N–H and O–H groups in total. The van der Waals surface area contributed by atoms with Crippen LogP contribution < -0.4 is 0 Å². The Bertz CT molecular complexity index is 4400. The smallest absolute Gasteiger partial charge is 0.357 e. The molecule has 0 unspecified atom stereocenters. The monoisotopic (exact) mass is 1560 g/mol. The standard InChI is InChI=1S/C86H54N6.2Ir/c1-3-15-79(75-55-65(25-21-61-29-37-69(38-30-61)81-17-5-9-49-87-81)53-66(56-75)26-22-62-31-39-70(40-32-62)82-18-6-10-50-88-82)77(13-1)73-45-47-85(91-59-73)86-48-46-74(60-92-86)78-14-2-4-16-80(78)76-57-67(27-23-63-33-41-71(42-34-63)83-19-7-11-51-89-83)54-68(58-76)28-24-64-35-43-72(44-36-64)84-20-8-12-52-90-84;;/h1-37,39,41,43,45-46,49-60H;;/q-6;2*+3/b25-21-,26-22?,27-23-,28-24?;;. The van der Waals surface area contributed by atoms with Crippen molar-refractivity contribution in [2.24, 2.45) is 0 Å². The molecular formula is C86H54Ir2N6. The first-order chi connectivity index (χ1) is 45.5. The Kier molecular flexibility index (Phi) is 20.4. The number of benzene rings is 8. The second-order valence-electron chi connectivity index (χ2n) is 21.9. The molecule has 0 saturated heterocycles. The van der Waals surface area contributed by atoms with Crippen molar-refractivity contribution in [1.82, 2.24) is 29.9 Å². The molecule has 14 rings (SSSR count). The van der Waals surface area contributed by atoms with Gasteiger partial charge in [0.15, 0.2) is 0 Å². The van der Waals surface area contributed by atoms with Crippen molar-refractivity contribution in [3.8, 4) is 101 Å². The average Bonchev–Trinajstić information content (AvgIpc) is 0.832. The van der Waals surface area contributed by atoms with Crippen LogP contribution in [0.3, 0.4) is 0 Å². The van der Waals surface area contributed by atoms with E-state index in [1.807, 2.05) is 122 Å². The van der Waals surface area contributed by atoms with Crippen LogP contribution in [0.5, 0.6) is 0 Å². The van der Waals surface area contributed by atoms with E-state index in [9.17, 15) is 0 Å². The molecule has 0 bridgehead atoms. The normalized spacial score (nSPS) is 11.3. The summed E-state index contributed by atoms with van der Waals surface area (Å²) < 4.78 is 0. The molecule has 0 aliphatic heterocycles. The van der Waals surface area contributed by atoms with Crippen LogP contribution in [0.2, 0.25) is 0 Å². The Balaban J connectivity index is 0.00000424. The first-order valence-corrected chi connectivity index (χ1v) is 30.2. The minimum Gasteiger partial charge on any atom is -0.357 e. The van der Waals surface area contributed by atoms with E-state index in [1.54, 1.807) is 24.8 Å². The quantitative estimate of drug-likeness (QED) is 0.0668. The molecule has 8 heteroatoms. The number of hydrogen-bond donors (Lipinski definition) is 0. The summed E-state index contributed by atoms with van der Waals surface area (Å²) in [5, 5.41) is 0. The Hall–Kier alpha value is -11.1. The van der Waals surface area contributed by atoms with Crippen LogP contribution in [-0.2, 0) is 40.2 Å². The van der Waals surface area contributed by atoms with Crippen molar-refractivity contribution < 1.29 is 40.2 Å². The van der Waals surface area contributed by atoms with E-state index in [-0.39, 0.29) is 40.2 Å². The molecule has 0 atom stereocenters. The summed E-state index contributed by atoms with van der Waals surface area (Å²) >= 11 is 0. The largest absolute Gasteiger partial charge is 3.00 e. The van der Waals surface area contributed by atoms with E-state index < -0.39 is 0 Å². The molecule has 446 valence electrons.